The quantitative estimate of drug-likeness (QED) is 0.793. The molecule has 0 aliphatic carbocycles. The topological polar surface area (TPSA) is 15.3 Å². The van der Waals surface area contributed by atoms with Gasteiger partial charge in [-0.05, 0) is 73.0 Å². The number of rotatable bonds is 5. The number of nitrogens with zero attached hydrogens (tertiary/aromatic N) is 1. The van der Waals surface area contributed by atoms with Gasteiger partial charge in [0.1, 0.15) is 0 Å². The van der Waals surface area contributed by atoms with Crippen molar-refractivity contribution in [2.75, 3.05) is 31.5 Å². The van der Waals surface area contributed by atoms with Gasteiger partial charge in [-0.15, -0.1) is 0 Å². The SMILES string of the molecule is FC(F)(F)c1ccc(Br)c(NCCCN2CCCC2)c1. The smallest absolute Gasteiger partial charge is 0.384 e. The van der Waals surface area contributed by atoms with Crippen LogP contribution in [0.2, 0.25) is 0 Å². The van der Waals surface area contributed by atoms with Gasteiger partial charge >= 0.3 is 6.18 Å². The lowest BCUT2D eigenvalue weighted by Gasteiger charge is -2.16. The number of hydrogen-bond donors (Lipinski definition) is 1. The van der Waals surface area contributed by atoms with Crippen molar-refractivity contribution in [1.29, 1.82) is 0 Å². The van der Waals surface area contributed by atoms with Gasteiger partial charge in [-0.25, -0.2) is 0 Å². The number of anilines is 1. The van der Waals surface area contributed by atoms with Gasteiger partial charge < -0.3 is 10.2 Å². The van der Waals surface area contributed by atoms with Gasteiger partial charge in [0.25, 0.3) is 0 Å². The number of alkyl halides is 3. The Morgan fingerprint density at radius 1 is 1.20 bits per heavy atom. The van der Waals surface area contributed by atoms with Gasteiger partial charge in [-0.1, -0.05) is 0 Å². The van der Waals surface area contributed by atoms with Crippen LogP contribution < -0.4 is 5.32 Å². The van der Waals surface area contributed by atoms with E-state index in [1.807, 2.05) is 0 Å². The summed E-state index contributed by atoms with van der Waals surface area (Å²) in [5.74, 6) is 0. The maximum atomic E-state index is 12.6. The van der Waals surface area contributed by atoms with Crippen LogP contribution in [0.3, 0.4) is 0 Å². The van der Waals surface area contributed by atoms with E-state index in [1.54, 1.807) is 0 Å². The third-order valence-corrected chi connectivity index (χ3v) is 4.15. The number of likely N-dealkylation sites (tertiary alicyclic amines) is 1. The Balaban J connectivity index is 1.85. The lowest BCUT2D eigenvalue weighted by Crippen LogP contribution is -2.22. The summed E-state index contributed by atoms with van der Waals surface area (Å²) in [6.45, 7) is 3.97. The molecule has 1 heterocycles. The van der Waals surface area contributed by atoms with E-state index in [0.29, 0.717) is 16.7 Å². The molecule has 0 spiro atoms. The van der Waals surface area contributed by atoms with E-state index in [1.165, 1.54) is 18.9 Å². The molecule has 0 radical (unpaired) electrons. The van der Waals surface area contributed by atoms with Gasteiger partial charge in [0.15, 0.2) is 0 Å². The van der Waals surface area contributed by atoms with E-state index in [0.717, 1.165) is 38.2 Å². The summed E-state index contributed by atoms with van der Waals surface area (Å²) in [6.07, 6.45) is -0.853. The van der Waals surface area contributed by atoms with E-state index in [4.69, 9.17) is 0 Å². The lowest BCUT2D eigenvalue weighted by molar-refractivity contribution is -0.137. The third-order valence-electron chi connectivity index (χ3n) is 3.46. The zero-order valence-electron chi connectivity index (χ0n) is 11.1. The Labute approximate surface area is 125 Å². The van der Waals surface area contributed by atoms with Crippen molar-refractivity contribution in [3.8, 4) is 0 Å². The molecule has 1 N–H and O–H groups in total. The van der Waals surface area contributed by atoms with E-state index in [2.05, 4.69) is 26.1 Å². The number of nitrogens with one attached hydrogen (secondary N) is 1. The number of benzene rings is 1. The van der Waals surface area contributed by atoms with Crippen molar-refractivity contribution in [3.63, 3.8) is 0 Å². The molecule has 0 unspecified atom stereocenters. The Morgan fingerprint density at radius 2 is 1.90 bits per heavy atom. The molecule has 0 amide bonds. The van der Waals surface area contributed by atoms with Gasteiger partial charge in [-0.3, -0.25) is 0 Å². The van der Waals surface area contributed by atoms with Crippen molar-refractivity contribution in [2.24, 2.45) is 0 Å². The first kappa shape index (κ1) is 15.6. The van der Waals surface area contributed by atoms with Crippen molar-refractivity contribution in [2.45, 2.75) is 25.4 Å². The predicted octanol–water partition coefficient (Wildman–Crippen LogP) is 4.37. The summed E-state index contributed by atoms with van der Waals surface area (Å²) in [6, 6.07) is 3.67. The monoisotopic (exact) mass is 350 g/mol. The molecule has 1 aromatic carbocycles. The van der Waals surface area contributed by atoms with Crippen LogP contribution in [0, 0.1) is 0 Å². The Morgan fingerprint density at radius 3 is 2.55 bits per heavy atom. The molecule has 6 heteroatoms. The van der Waals surface area contributed by atoms with Crippen LogP contribution in [0.5, 0.6) is 0 Å². The standard InChI is InChI=1S/C14H18BrF3N2/c15-12-5-4-11(14(16,17)18)10-13(12)19-6-3-9-20-7-1-2-8-20/h4-5,10,19H,1-3,6-9H2. The average molecular weight is 351 g/mol. The first-order chi connectivity index (χ1) is 9.47. The van der Waals surface area contributed by atoms with Crippen molar-refractivity contribution in [3.05, 3.63) is 28.2 Å². The molecule has 1 fully saturated rings. The average Bonchev–Trinajstić information content (AvgIpc) is 2.88. The molecule has 0 atom stereocenters. The van der Waals surface area contributed by atoms with Gasteiger partial charge in [0.05, 0.1) is 5.56 Å². The minimum atomic E-state index is -4.30. The Hall–Kier alpha value is -0.750. The summed E-state index contributed by atoms with van der Waals surface area (Å²) >= 11 is 3.28. The normalized spacial score (nSPS) is 16.6. The largest absolute Gasteiger partial charge is 0.416 e. The van der Waals surface area contributed by atoms with Crippen LogP contribution in [-0.2, 0) is 6.18 Å². The molecule has 20 heavy (non-hydrogen) atoms. The minimum absolute atomic E-state index is 0.501. The Kier molecular flexibility index (Phi) is 5.32. The summed E-state index contributed by atoms with van der Waals surface area (Å²) in [7, 11) is 0. The van der Waals surface area contributed by atoms with Crippen LogP contribution in [-0.4, -0.2) is 31.1 Å². The van der Waals surface area contributed by atoms with Crippen LogP contribution >= 0.6 is 15.9 Å². The van der Waals surface area contributed by atoms with Crippen molar-refractivity contribution < 1.29 is 13.2 Å². The number of hydrogen-bond acceptors (Lipinski definition) is 2. The highest BCUT2D eigenvalue weighted by Crippen LogP contribution is 2.33. The second-order valence-corrected chi connectivity index (χ2v) is 5.88. The lowest BCUT2D eigenvalue weighted by atomic mass is 10.2. The van der Waals surface area contributed by atoms with E-state index in [9.17, 15) is 13.2 Å². The summed E-state index contributed by atoms with van der Waals surface area (Å²) < 4.78 is 38.6. The first-order valence-electron chi connectivity index (χ1n) is 6.80. The fourth-order valence-electron chi connectivity index (χ4n) is 2.37. The molecule has 0 bridgehead atoms. The van der Waals surface area contributed by atoms with Crippen LogP contribution in [0.1, 0.15) is 24.8 Å². The maximum Gasteiger partial charge on any atom is 0.416 e. The first-order valence-corrected chi connectivity index (χ1v) is 7.59. The zero-order chi connectivity index (χ0) is 14.6. The van der Waals surface area contributed by atoms with Crippen molar-refractivity contribution >= 4 is 21.6 Å². The molecule has 1 aromatic rings. The fraction of sp³-hybridized carbons (Fsp3) is 0.571. The summed E-state index contributed by atoms with van der Waals surface area (Å²) in [4.78, 5) is 2.39. The highest BCUT2D eigenvalue weighted by Gasteiger charge is 2.30. The summed E-state index contributed by atoms with van der Waals surface area (Å²) in [5.41, 5.74) is -0.121. The zero-order valence-corrected chi connectivity index (χ0v) is 12.7. The fourth-order valence-corrected chi connectivity index (χ4v) is 2.76. The molecule has 2 rings (SSSR count). The van der Waals surface area contributed by atoms with Gasteiger partial charge in [0, 0.05) is 16.7 Å². The highest BCUT2D eigenvalue weighted by molar-refractivity contribution is 9.10. The molecule has 0 saturated carbocycles. The molecular weight excluding hydrogens is 333 g/mol. The van der Waals surface area contributed by atoms with E-state index >= 15 is 0 Å². The summed E-state index contributed by atoms with van der Waals surface area (Å²) in [5, 5.41) is 3.08. The predicted molar refractivity (Wildman–Crippen MR) is 77.9 cm³/mol. The van der Waals surface area contributed by atoms with E-state index in [-0.39, 0.29) is 0 Å². The highest BCUT2D eigenvalue weighted by atomic mass is 79.9. The van der Waals surface area contributed by atoms with Crippen LogP contribution in [0.4, 0.5) is 18.9 Å². The maximum absolute atomic E-state index is 12.6. The molecule has 1 aliphatic rings. The second-order valence-electron chi connectivity index (χ2n) is 5.02. The van der Waals surface area contributed by atoms with Gasteiger partial charge in [-0.2, -0.15) is 13.2 Å². The number of halogens is 4. The molecular formula is C14H18BrF3N2. The molecule has 2 nitrogen and oxygen atoms in total. The molecule has 0 aromatic heterocycles. The second kappa shape index (κ2) is 6.80. The molecule has 1 saturated heterocycles. The minimum Gasteiger partial charge on any atom is -0.384 e. The Bertz CT molecular complexity index is 443. The van der Waals surface area contributed by atoms with Crippen LogP contribution in [0.25, 0.3) is 0 Å². The van der Waals surface area contributed by atoms with Crippen LogP contribution in [0.15, 0.2) is 22.7 Å². The molecule has 112 valence electrons. The van der Waals surface area contributed by atoms with Gasteiger partial charge in [0.2, 0.25) is 0 Å². The third kappa shape index (κ3) is 4.38. The van der Waals surface area contributed by atoms with Crippen molar-refractivity contribution in [1.82, 2.24) is 4.90 Å². The van der Waals surface area contributed by atoms with E-state index < -0.39 is 11.7 Å². The molecule has 1 aliphatic heterocycles.